The summed E-state index contributed by atoms with van der Waals surface area (Å²) >= 11 is 12.4. The number of nitrogens with zero attached hydrogens (tertiary/aromatic N) is 1. The first-order valence-corrected chi connectivity index (χ1v) is 11.5. The molecule has 1 aliphatic carbocycles. The van der Waals surface area contributed by atoms with Crippen LogP contribution in [0.1, 0.15) is 30.4 Å². The van der Waals surface area contributed by atoms with Gasteiger partial charge in [-0.2, -0.15) is 0 Å². The summed E-state index contributed by atoms with van der Waals surface area (Å²) in [6.45, 7) is 1.88. The highest BCUT2D eigenvalue weighted by molar-refractivity contribution is 6.42. The summed E-state index contributed by atoms with van der Waals surface area (Å²) in [4.78, 5) is 42.3. The van der Waals surface area contributed by atoms with Gasteiger partial charge in [0.15, 0.2) is 5.78 Å². The van der Waals surface area contributed by atoms with Crippen molar-refractivity contribution in [2.75, 3.05) is 17.3 Å². The van der Waals surface area contributed by atoms with Gasteiger partial charge in [0.2, 0.25) is 5.91 Å². The second-order valence-corrected chi connectivity index (χ2v) is 9.35. The number of anilines is 2. The maximum absolute atomic E-state index is 13.8. The van der Waals surface area contributed by atoms with Crippen molar-refractivity contribution < 1.29 is 19.1 Å². The highest BCUT2D eigenvalue weighted by Crippen LogP contribution is 2.55. The lowest BCUT2D eigenvalue weighted by molar-refractivity contribution is -0.138. The molecule has 7 nitrogen and oxygen atoms in total. The summed E-state index contributed by atoms with van der Waals surface area (Å²) in [5, 5.41) is 3.50. The van der Waals surface area contributed by atoms with E-state index in [2.05, 4.69) is 5.32 Å². The van der Waals surface area contributed by atoms with Crippen LogP contribution in [0.2, 0.25) is 10.0 Å². The van der Waals surface area contributed by atoms with Crippen LogP contribution in [0, 0.1) is 6.92 Å². The number of ketones is 1. The molecule has 9 heteroatoms. The van der Waals surface area contributed by atoms with E-state index in [0.717, 1.165) is 5.56 Å². The van der Waals surface area contributed by atoms with Gasteiger partial charge in [0.05, 0.1) is 17.2 Å². The predicted octanol–water partition coefficient (Wildman–Crippen LogP) is 4.36. The molecule has 2 aliphatic heterocycles. The number of nitrogens with one attached hydrogen (secondary N) is 1. The van der Waals surface area contributed by atoms with Crippen molar-refractivity contribution in [1.82, 2.24) is 0 Å². The average molecular weight is 498 g/mol. The molecule has 0 saturated carbocycles. The molecule has 3 aliphatic rings. The van der Waals surface area contributed by atoms with Crippen molar-refractivity contribution in [2.24, 2.45) is 5.73 Å². The molecule has 1 amide bonds. The second kappa shape index (κ2) is 7.89. The van der Waals surface area contributed by atoms with Crippen LogP contribution in [0.5, 0.6) is 0 Å². The number of allylic oxidation sites excluding steroid dienone is 1. The van der Waals surface area contributed by atoms with Crippen molar-refractivity contribution in [2.45, 2.75) is 31.6 Å². The number of benzene rings is 2. The van der Waals surface area contributed by atoms with Crippen LogP contribution in [0.4, 0.5) is 11.4 Å². The Morgan fingerprint density at radius 2 is 1.88 bits per heavy atom. The number of hydrogen-bond donors (Lipinski definition) is 2. The molecule has 0 fully saturated rings. The van der Waals surface area contributed by atoms with Gasteiger partial charge < -0.3 is 15.8 Å². The zero-order valence-electron chi connectivity index (χ0n) is 18.5. The Hall–Kier alpha value is -3.29. The summed E-state index contributed by atoms with van der Waals surface area (Å²) in [6.07, 6.45) is 1.31. The van der Waals surface area contributed by atoms with Gasteiger partial charge in [-0.1, -0.05) is 40.9 Å². The fourth-order valence-corrected chi connectivity index (χ4v) is 5.53. The maximum atomic E-state index is 13.8. The normalized spacial score (nSPS) is 21.6. The van der Waals surface area contributed by atoms with E-state index in [1.165, 1.54) is 7.11 Å². The zero-order chi connectivity index (χ0) is 24.4. The first-order valence-electron chi connectivity index (χ1n) is 10.7. The summed E-state index contributed by atoms with van der Waals surface area (Å²) in [6, 6.07) is 10.4. The molecule has 1 unspecified atom stereocenters. The van der Waals surface area contributed by atoms with Gasteiger partial charge in [0, 0.05) is 34.6 Å². The summed E-state index contributed by atoms with van der Waals surface area (Å²) in [5.41, 5.74) is 8.10. The number of aryl methyl sites for hydroxylation is 1. The molecule has 2 heterocycles. The minimum Gasteiger partial charge on any atom is -0.466 e. The Bertz CT molecular complexity index is 1360. The smallest absolute Gasteiger partial charge is 0.339 e. The standard InChI is InChI=1S/C25H21Cl2N3O4/c1-12-6-9-17-14(10-12)25(24(33)29-17)20-18(4-3-5-19(20)31)30(22(28)21(25)23(32)34-2)13-7-8-15(26)16(27)11-13/h6-11H,3-5,28H2,1-2H3,(H,29,33). The number of fused-ring (bicyclic) bond motifs is 3. The number of halogens is 2. The molecule has 0 aromatic heterocycles. The molecule has 1 atom stereocenters. The molecular formula is C25H21Cl2N3O4. The fraction of sp³-hybridized carbons (Fsp3) is 0.240. The first-order chi connectivity index (χ1) is 16.2. The van der Waals surface area contributed by atoms with Gasteiger partial charge in [-0.25, -0.2) is 4.79 Å². The van der Waals surface area contributed by atoms with Crippen LogP contribution in [0.3, 0.4) is 0 Å². The molecule has 0 radical (unpaired) electrons. The average Bonchev–Trinajstić information content (AvgIpc) is 3.07. The van der Waals surface area contributed by atoms with Crippen LogP contribution in [0.25, 0.3) is 0 Å². The predicted molar refractivity (Wildman–Crippen MR) is 130 cm³/mol. The van der Waals surface area contributed by atoms with Crippen LogP contribution in [-0.4, -0.2) is 24.8 Å². The van der Waals surface area contributed by atoms with Gasteiger partial charge in [-0.3, -0.25) is 14.5 Å². The monoisotopic (exact) mass is 497 g/mol. The number of carbonyl (C=O) groups is 3. The quantitative estimate of drug-likeness (QED) is 0.597. The number of methoxy groups -OCH3 is 1. The van der Waals surface area contributed by atoms with E-state index >= 15 is 0 Å². The van der Waals surface area contributed by atoms with Gasteiger partial charge >= 0.3 is 5.97 Å². The number of ether oxygens (including phenoxy) is 1. The van der Waals surface area contributed by atoms with Crippen LogP contribution < -0.4 is 16.0 Å². The third kappa shape index (κ3) is 2.93. The molecule has 5 rings (SSSR count). The van der Waals surface area contributed by atoms with Crippen molar-refractivity contribution in [1.29, 1.82) is 0 Å². The SMILES string of the molecule is COC(=O)C1=C(N)N(c2ccc(Cl)c(Cl)c2)C2=C(C(=O)CCC2)C12C(=O)Nc1ccc(C)cc12. The van der Waals surface area contributed by atoms with Gasteiger partial charge in [-0.05, 0) is 44.0 Å². The van der Waals surface area contributed by atoms with E-state index in [-0.39, 0.29) is 34.2 Å². The molecule has 174 valence electrons. The summed E-state index contributed by atoms with van der Waals surface area (Å²) in [7, 11) is 1.22. The lowest BCUT2D eigenvalue weighted by atomic mass is 9.63. The summed E-state index contributed by atoms with van der Waals surface area (Å²) in [5.74, 6) is -1.52. The summed E-state index contributed by atoms with van der Waals surface area (Å²) < 4.78 is 5.12. The van der Waals surface area contributed by atoms with Crippen LogP contribution in [-0.2, 0) is 24.5 Å². The van der Waals surface area contributed by atoms with E-state index in [1.807, 2.05) is 19.1 Å². The molecule has 0 saturated heterocycles. The van der Waals surface area contributed by atoms with Crippen molar-refractivity contribution in [3.63, 3.8) is 0 Å². The highest BCUT2D eigenvalue weighted by atomic mass is 35.5. The van der Waals surface area contributed by atoms with Crippen molar-refractivity contribution >= 4 is 52.2 Å². The van der Waals surface area contributed by atoms with E-state index < -0.39 is 17.3 Å². The minimum absolute atomic E-state index is 0.00296. The Balaban J connectivity index is 1.91. The molecule has 0 bridgehead atoms. The van der Waals surface area contributed by atoms with E-state index in [1.54, 1.807) is 29.2 Å². The lowest BCUT2D eigenvalue weighted by Gasteiger charge is -2.44. The molecule has 2 aromatic rings. The first kappa shape index (κ1) is 22.5. The fourth-order valence-electron chi connectivity index (χ4n) is 5.24. The Morgan fingerprint density at radius 3 is 2.59 bits per heavy atom. The zero-order valence-corrected chi connectivity index (χ0v) is 20.0. The number of nitrogens with two attached hydrogens (primary N) is 1. The second-order valence-electron chi connectivity index (χ2n) is 8.54. The Morgan fingerprint density at radius 1 is 1.12 bits per heavy atom. The number of hydrogen-bond acceptors (Lipinski definition) is 6. The lowest BCUT2D eigenvalue weighted by Crippen LogP contribution is -2.53. The van der Waals surface area contributed by atoms with Crippen LogP contribution in [0.15, 0.2) is 59.1 Å². The third-order valence-electron chi connectivity index (χ3n) is 6.62. The van der Waals surface area contributed by atoms with Gasteiger partial charge in [-0.15, -0.1) is 0 Å². The van der Waals surface area contributed by atoms with Gasteiger partial charge in [0.1, 0.15) is 16.8 Å². The highest BCUT2D eigenvalue weighted by Gasteiger charge is 2.61. The number of carbonyl (C=O) groups excluding carboxylic acids is 3. The number of esters is 1. The van der Waals surface area contributed by atoms with E-state index in [4.69, 9.17) is 33.7 Å². The Kier molecular flexibility index (Phi) is 5.22. The van der Waals surface area contributed by atoms with E-state index in [0.29, 0.717) is 40.5 Å². The van der Waals surface area contributed by atoms with Crippen molar-refractivity contribution in [3.8, 4) is 0 Å². The molecule has 1 spiro atoms. The van der Waals surface area contributed by atoms with E-state index in [9.17, 15) is 14.4 Å². The molecule has 34 heavy (non-hydrogen) atoms. The molecule has 3 N–H and O–H groups in total. The van der Waals surface area contributed by atoms with Gasteiger partial charge in [0.25, 0.3) is 0 Å². The van der Waals surface area contributed by atoms with Crippen molar-refractivity contribution in [3.05, 3.63) is 80.2 Å². The Labute approximate surface area is 206 Å². The number of Topliss-reactive ketones (excluding diaryl/α,β-unsaturated/α-hetero) is 1. The maximum Gasteiger partial charge on any atom is 0.339 e. The third-order valence-corrected chi connectivity index (χ3v) is 7.36. The minimum atomic E-state index is -1.71. The van der Waals surface area contributed by atoms with Crippen LogP contribution >= 0.6 is 23.2 Å². The largest absolute Gasteiger partial charge is 0.466 e. The number of amides is 1. The number of rotatable bonds is 2. The topological polar surface area (TPSA) is 102 Å². The molecular weight excluding hydrogens is 477 g/mol. The molecule has 2 aromatic carbocycles.